The van der Waals surface area contributed by atoms with Gasteiger partial charge in [0.2, 0.25) is 11.6 Å². The Labute approximate surface area is 59.6 Å². The second-order valence-electron chi connectivity index (χ2n) is 1.61. The van der Waals surface area contributed by atoms with E-state index in [2.05, 4.69) is 23.7 Å². The lowest BCUT2D eigenvalue weighted by Gasteiger charge is -1.65. The summed E-state index contributed by atoms with van der Waals surface area (Å²) in [5, 5.41) is 0. The second kappa shape index (κ2) is 4.35. The predicted octanol–water partition coefficient (Wildman–Crippen LogP) is 0.171. The van der Waals surface area contributed by atoms with Crippen LogP contribution in [0, 0.1) is 23.7 Å². The molecule has 0 amide bonds. The van der Waals surface area contributed by atoms with Gasteiger partial charge in [-0.25, -0.2) is 0 Å². The molecule has 0 aliphatic rings. The fraction of sp³-hybridized carbons (Fsp3) is 0.250. The SMILES string of the molecule is CC(=O)C#CC#CC(C)=O. The Morgan fingerprint density at radius 1 is 0.900 bits per heavy atom. The van der Waals surface area contributed by atoms with Gasteiger partial charge in [-0.15, -0.1) is 0 Å². The number of rotatable bonds is 0. The van der Waals surface area contributed by atoms with Crippen LogP contribution in [0.15, 0.2) is 0 Å². The molecule has 2 heteroatoms. The summed E-state index contributed by atoms with van der Waals surface area (Å²) in [6.45, 7) is 2.67. The highest BCUT2D eigenvalue weighted by Gasteiger charge is 1.77. The molecule has 0 aliphatic carbocycles. The average molecular weight is 134 g/mol. The van der Waals surface area contributed by atoms with Crippen LogP contribution >= 0.6 is 0 Å². The molecule has 0 N–H and O–H groups in total. The molecule has 0 heterocycles. The topological polar surface area (TPSA) is 34.1 Å². The van der Waals surface area contributed by atoms with E-state index in [1.807, 2.05) is 0 Å². The minimum Gasteiger partial charge on any atom is -0.285 e. The van der Waals surface area contributed by atoms with E-state index < -0.39 is 0 Å². The van der Waals surface area contributed by atoms with E-state index >= 15 is 0 Å². The Bertz CT molecular complexity index is 235. The van der Waals surface area contributed by atoms with Crippen molar-refractivity contribution in [2.24, 2.45) is 0 Å². The van der Waals surface area contributed by atoms with Gasteiger partial charge in [-0.1, -0.05) is 0 Å². The first-order chi connectivity index (χ1) is 4.63. The largest absolute Gasteiger partial charge is 0.285 e. The van der Waals surface area contributed by atoms with E-state index in [0.29, 0.717) is 0 Å². The van der Waals surface area contributed by atoms with Crippen molar-refractivity contribution in [1.29, 1.82) is 0 Å². The van der Waals surface area contributed by atoms with Gasteiger partial charge in [-0.05, 0) is 23.7 Å². The maximum Gasteiger partial charge on any atom is 0.203 e. The van der Waals surface area contributed by atoms with E-state index in [9.17, 15) is 9.59 Å². The third-order valence-corrected chi connectivity index (χ3v) is 0.540. The molecule has 2 nitrogen and oxygen atoms in total. The molecule has 0 aromatic carbocycles. The van der Waals surface area contributed by atoms with Gasteiger partial charge in [0.1, 0.15) is 0 Å². The van der Waals surface area contributed by atoms with Gasteiger partial charge < -0.3 is 0 Å². The molecule has 0 radical (unpaired) electrons. The third-order valence-electron chi connectivity index (χ3n) is 0.540. The van der Waals surface area contributed by atoms with Gasteiger partial charge in [0.25, 0.3) is 0 Å². The summed E-state index contributed by atoms with van der Waals surface area (Å²) in [5.41, 5.74) is 0. The van der Waals surface area contributed by atoms with Crippen LogP contribution in [0.5, 0.6) is 0 Å². The quantitative estimate of drug-likeness (QED) is 0.349. The average Bonchev–Trinajstić information content (AvgIpc) is 1.79. The van der Waals surface area contributed by atoms with Crippen LogP contribution in [0.1, 0.15) is 13.8 Å². The molecule has 0 aromatic heterocycles. The Morgan fingerprint density at radius 2 is 1.20 bits per heavy atom. The summed E-state index contributed by atoms with van der Waals surface area (Å²) in [5.74, 6) is 8.34. The standard InChI is InChI=1S/C8H6O2/c1-7(9)5-3-4-6-8(2)10/h1-2H3. The van der Waals surface area contributed by atoms with Gasteiger partial charge in [0.05, 0.1) is 0 Å². The maximum absolute atomic E-state index is 10.2. The molecule has 0 saturated heterocycles. The lowest BCUT2D eigenvalue weighted by molar-refractivity contribution is -0.112. The summed E-state index contributed by atoms with van der Waals surface area (Å²) < 4.78 is 0. The highest BCUT2D eigenvalue weighted by atomic mass is 16.1. The first kappa shape index (κ1) is 8.46. The van der Waals surface area contributed by atoms with Gasteiger partial charge >= 0.3 is 0 Å². The number of hydrogen-bond acceptors (Lipinski definition) is 2. The minimum absolute atomic E-state index is 0.252. The first-order valence-corrected chi connectivity index (χ1v) is 2.66. The molecule has 0 fully saturated rings. The second-order valence-corrected chi connectivity index (χ2v) is 1.61. The van der Waals surface area contributed by atoms with E-state index in [1.165, 1.54) is 13.8 Å². The molecule has 0 aromatic rings. The fourth-order valence-electron chi connectivity index (χ4n) is 0.239. The van der Waals surface area contributed by atoms with Gasteiger partial charge in [-0.3, -0.25) is 9.59 Å². The molecule has 0 unspecified atom stereocenters. The Balaban J connectivity index is 4.03. The van der Waals surface area contributed by atoms with Crippen molar-refractivity contribution in [3.05, 3.63) is 0 Å². The number of ketones is 2. The lowest BCUT2D eigenvalue weighted by atomic mass is 10.4. The molecular formula is C8H6O2. The van der Waals surface area contributed by atoms with Crippen molar-refractivity contribution in [3.63, 3.8) is 0 Å². The van der Waals surface area contributed by atoms with E-state index in [4.69, 9.17) is 0 Å². The van der Waals surface area contributed by atoms with Crippen molar-refractivity contribution in [1.82, 2.24) is 0 Å². The first-order valence-electron chi connectivity index (χ1n) is 2.66. The molecule has 0 saturated carbocycles. The summed E-state index contributed by atoms with van der Waals surface area (Å²) in [4.78, 5) is 20.3. The van der Waals surface area contributed by atoms with Crippen LogP contribution in [0.2, 0.25) is 0 Å². The highest BCUT2D eigenvalue weighted by molar-refractivity contribution is 5.96. The van der Waals surface area contributed by atoms with Crippen molar-refractivity contribution in [2.75, 3.05) is 0 Å². The zero-order chi connectivity index (χ0) is 7.98. The number of carbonyl (C=O) groups excluding carboxylic acids is 2. The van der Waals surface area contributed by atoms with E-state index in [-0.39, 0.29) is 11.6 Å². The molecule has 0 bridgehead atoms. The number of hydrogen-bond donors (Lipinski definition) is 0. The van der Waals surface area contributed by atoms with Gasteiger partial charge in [0, 0.05) is 13.8 Å². The lowest BCUT2D eigenvalue weighted by Crippen LogP contribution is -1.81. The smallest absolute Gasteiger partial charge is 0.203 e. The molecule has 0 spiro atoms. The zero-order valence-corrected chi connectivity index (χ0v) is 5.82. The summed E-state index contributed by atoms with van der Waals surface area (Å²) in [6, 6.07) is 0. The molecule has 50 valence electrons. The van der Waals surface area contributed by atoms with Gasteiger partial charge in [0.15, 0.2) is 0 Å². The monoisotopic (exact) mass is 134 g/mol. The van der Waals surface area contributed by atoms with Crippen LogP contribution in [0.4, 0.5) is 0 Å². The maximum atomic E-state index is 10.2. The van der Waals surface area contributed by atoms with Crippen LogP contribution in [0.25, 0.3) is 0 Å². The highest BCUT2D eigenvalue weighted by Crippen LogP contribution is 1.62. The third kappa shape index (κ3) is 6.46. The molecule has 10 heavy (non-hydrogen) atoms. The zero-order valence-electron chi connectivity index (χ0n) is 5.82. The van der Waals surface area contributed by atoms with E-state index in [0.717, 1.165) is 0 Å². The van der Waals surface area contributed by atoms with Crippen molar-refractivity contribution < 1.29 is 9.59 Å². The van der Waals surface area contributed by atoms with Crippen LogP contribution in [0.3, 0.4) is 0 Å². The van der Waals surface area contributed by atoms with Crippen molar-refractivity contribution >= 4 is 11.6 Å². The Morgan fingerprint density at radius 3 is 1.40 bits per heavy atom. The summed E-state index contributed by atoms with van der Waals surface area (Å²) in [7, 11) is 0. The molecule has 0 atom stereocenters. The minimum atomic E-state index is -0.252. The Hall–Kier alpha value is -1.54. The van der Waals surface area contributed by atoms with Crippen molar-refractivity contribution in [2.45, 2.75) is 13.8 Å². The van der Waals surface area contributed by atoms with Crippen LogP contribution in [-0.2, 0) is 9.59 Å². The predicted molar refractivity (Wildman–Crippen MR) is 36.9 cm³/mol. The fourth-order valence-corrected chi connectivity index (χ4v) is 0.239. The molecular weight excluding hydrogens is 128 g/mol. The van der Waals surface area contributed by atoms with Crippen LogP contribution in [-0.4, -0.2) is 11.6 Å². The van der Waals surface area contributed by atoms with Crippen LogP contribution < -0.4 is 0 Å². The molecule has 0 aliphatic heterocycles. The summed E-state index contributed by atoms with van der Waals surface area (Å²) >= 11 is 0. The Kier molecular flexibility index (Phi) is 3.68. The van der Waals surface area contributed by atoms with Crippen molar-refractivity contribution in [3.8, 4) is 23.7 Å². The number of carbonyl (C=O) groups is 2. The van der Waals surface area contributed by atoms with E-state index in [1.54, 1.807) is 0 Å². The van der Waals surface area contributed by atoms with Gasteiger partial charge in [-0.2, -0.15) is 0 Å². The number of Topliss-reactive ketones (excluding diaryl/α,β-unsaturated/α-hetero) is 2. The normalized spacial score (nSPS) is 6.20. The molecule has 0 rings (SSSR count). The summed E-state index contributed by atoms with van der Waals surface area (Å²) in [6.07, 6.45) is 0.